The van der Waals surface area contributed by atoms with Crippen LogP contribution in [-0.2, 0) is 17.9 Å². The first-order valence-electron chi connectivity index (χ1n) is 9.93. The number of anilines is 1. The average Bonchev–Trinajstić information content (AvgIpc) is 3.20. The standard InChI is InChI=1S/C22H21ClF2N6O/c1-12-7-17(21(24)25)20-14(3)28-31(22(20)26-12)11-19(32)27-18-8-13(2)30(29-18)10-15-5-4-6-16(23)9-15/h4-9,21H,10-11H2,1-3H3,(H,27,29,32). The minimum absolute atomic E-state index is 0.132. The third-order valence-corrected chi connectivity index (χ3v) is 5.27. The molecule has 1 amide bonds. The molecule has 0 aliphatic heterocycles. The Morgan fingerprint density at radius 3 is 2.62 bits per heavy atom. The van der Waals surface area contributed by atoms with Gasteiger partial charge in [-0.3, -0.25) is 9.48 Å². The van der Waals surface area contributed by atoms with Gasteiger partial charge in [0.05, 0.1) is 17.6 Å². The lowest BCUT2D eigenvalue weighted by Crippen LogP contribution is -2.20. The second kappa shape index (κ2) is 8.66. The molecule has 7 nitrogen and oxygen atoms in total. The summed E-state index contributed by atoms with van der Waals surface area (Å²) in [4.78, 5) is 17.0. The molecule has 0 aliphatic carbocycles. The van der Waals surface area contributed by atoms with E-state index in [1.54, 1.807) is 30.7 Å². The van der Waals surface area contributed by atoms with E-state index in [9.17, 15) is 13.6 Å². The number of aryl methyl sites for hydroxylation is 3. The number of pyridine rings is 1. The Hall–Kier alpha value is -3.33. The van der Waals surface area contributed by atoms with Gasteiger partial charge in [0.25, 0.3) is 6.43 Å². The Balaban J connectivity index is 1.53. The molecule has 4 rings (SSSR count). The number of hydrogen-bond donors (Lipinski definition) is 1. The molecule has 4 aromatic rings. The third kappa shape index (κ3) is 4.47. The average molecular weight is 459 g/mol. The summed E-state index contributed by atoms with van der Waals surface area (Å²) in [6, 6.07) is 10.6. The maximum absolute atomic E-state index is 13.5. The Kier molecular flexibility index (Phi) is 5.92. The summed E-state index contributed by atoms with van der Waals surface area (Å²) in [5.74, 6) is 0.00355. The monoisotopic (exact) mass is 458 g/mol. The molecule has 0 unspecified atom stereocenters. The normalized spacial score (nSPS) is 11.5. The predicted octanol–water partition coefficient (Wildman–Crippen LogP) is 4.83. The van der Waals surface area contributed by atoms with Gasteiger partial charge in [0.1, 0.15) is 6.54 Å². The molecule has 0 bridgehead atoms. The number of carbonyl (C=O) groups excluding carboxylic acids is 1. The van der Waals surface area contributed by atoms with Gasteiger partial charge < -0.3 is 5.32 Å². The van der Waals surface area contributed by atoms with Crippen LogP contribution >= 0.6 is 11.6 Å². The van der Waals surface area contributed by atoms with Gasteiger partial charge in [-0.05, 0) is 44.5 Å². The van der Waals surface area contributed by atoms with Gasteiger partial charge >= 0.3 is 0 Å². The Morgan fingerprint density at radius 1 is 1.12 bits per heavy atom. The third-order valence-electron chi connectivity index (χ3n) is 5.03. The maximum Gasteiger partial charge on any atom is 0.264 e. The Morgan fingerprint density at radius 2 is 1.91 bits per heavy atom. The molecule has 0 aliphatic rings. The largest absolute Gasteiger partial charge is 0.308 e. The van der Waals surface area contributed by atoms with E-state index in [4.69, 9.17) is 11.6 Å². The van der Waals surface area contributed by atoms with E-state index in [0.29, 0.717) is 28.8 Å². The van der Waals surface area contributed by atoms with Crippen molar-refractivity contribution in [2.75, 3.05) is 5.32 Å². The van der Waals surface area contributed by atoms with Crippen LogP contribution in [0, 0.1) is 20.8 Å². The number of aromatic nitrogens is 5. The van der Waals surface area contributed by atoms with Crippen molar-refractivity contribution >= 4 is 34.4 Å². The first-order chi connectivity index (χ1) is 15.2. The van der Waals surface area contributed by atoms with Crippen molar-refractivity contribution in [1.29, 1.82) is 0 Å². The lowest BCUT2D eigenvalue weighted by molar-refractivity contribution is -0.116. The number of hydrogen-bond acceptors (Lipinski definition) is 4. The van der Waals surface area contributed by atoms with E-state index in [1.165, 1.54) is 10.7 Å². The second-order valence-electron chi connectivity index (χ2n) is 7.60. The smallest absolute Gasteiger partial charge is 0.264 e. The van der Waals surface area contributed by atoms with E-state index in [0.717, 1.165) is 11.3 Å². The minimum atomic E-state index is -2.66. The predicted molar refractivity (Wildman–Crippen MR) is 118 cm³/mol. The molecule has 3 heterocycles. The van der Waals surface area contributed by atoms with Gasteiger partial charge in [-0.2, -0.15) is 10.2 Å². The lowest BCUT2D eigenvalue weighted by atomic mass is 10.1. The van der Waals surface area contributed by atoms with Gasteiger partial charge in [0.15, 0.2) is 11.5 Å². The number of amides is 1. The number of rotatable bonds is 6. The van der Waals surface area contributed by atoms with E-state index in [1.807, 2.05) is 25.1 Å². The first-order valence-corrected chi connectivity index (χ1v) is 10.3. The number of nitrogens with zero attached hydrogens (tertiary/aromatic N) is 5. The zero-order chi connectivity index (χ0) is 23.0. The van der Waals surface area contributed by atoms with Gasteiger partial charge in [0, 0.05) is 28.0 Å². The molecule has 0 saturated carbocycles. The quantitative estimate of drug-likeness (QED) is 0.449. The van der Waals surface area contributed by atoms with Crippen LogP contribution in [0.25, 0.3) is 11.0 Å². The van der Waals surface area contributed by atoms with Crippen LogP contribution in [0.1, 0.15) is 34.6 Å². The van der Waals surface area contributed by atoms with Gasteiger partial charge in [-0.25, -0.2) is 18.4 Å². The molecule has 1 N–H and O–H groups in total. The molecule has 0 fully saturated rings. The molecule has 10 heteroatoms. The summed E-state index contributed by atoms with van der Waals surface area (Å²) in [6.45, 7) is 5.47. The zero-order valence-corrected chi connectivity index (χ0v) is 18.5. The molecule has 0 radical (unpaired) electrons. The highest BCUT2D eigenvalue weighted by atomic mass is 35.5. The summed E-state index contributed by atoms with van der Waals surface area (Å²) in [5, 5.41) is 12.4. The summed E-state index contributed by atoms with van der Waals surface area (Å²) in [7, 11) is 0. The van der Waals surface area contributed by atoms with Crippen LogP contribution in [0.15, 0.2) is 36.4 Å². The highest BCUT2D eigenvalue weighted by Crippen LogP contribution is 2.30. The molecule has 32 heavy (non-hydrogen) atoms. The highest BCUT2D eigenvalue weighted by Gasteiger charge is 2.21. The van der Waals surface area contributed by atoms with Crippen LogP contribution in [0.5, 0.6) is 0 Å². The Bertz CT molecular complexity index is 1310. The summed E-state index contributed by atoms with van der Waals surface area (Å²) < 4.78 is 30.0. The van der Waals surface area contributed by atoms with Crippen molar-refractivity contribution in [3.8, 4) is 0 Å². The number of benzene rings is 1. The van der Waals surface area contributed by atoms with Crippen molar-refractivity contribution in [3.63, 3.8) is 0 Å². The fourth-order valence-electron chi connectivity index (χ4n) is 3.66. The van der Waals surface area contributed by atoms with E-state index in [2.05, 4.69) is 20.5 Å². The van der Waals surface area contributed by atoms with Crippen molar-refractivity contribution in [2.45, 2.75) is 40.3 Å². The molecule has 3 aromatic heterocycles. The second-order valence-corrected chi connectivity index (χ2v) is 8.04. The van der Waals surface area contributed by atoms with Crippen LogP contribution in [0.4, 0.5) is 14.6 Å². The van der Waals surface area contributed by atoms with Crippen molar-refractivity contribution in [1.82, 2.24) is 24.5 Å². The topological polar surface area (TPSA) is 77.6 Å². The SMILES string of the molecule is Cc1cc(C(F)F)c2c(C)nn(CC(=O)Nc3cc(C)n(Cc4cccc(Cl)c4)n3)c2n1. The molecule has 166 valence electrons. The van der Waals surface area contributed by atoms with E-state index in [-0.39, 0.29) is 29.0 Å². The van der Waals surface area contributed by atoms with Gasteiger partial charge in [0.2, 0.25) is 5.91 Å². The molecule has 0 atom stereocenters. The van der Waals surface area contributed by atoms with E-state index < -0.39 is 6.43 Å². The number of carbonyl (C=O) groups is 1. The minimum Gasteiger partial charge on any atom is -0.308 e. The number of halogens is 3. The fraction of sp³-hybridized carbons (Fsp3) is 0.273. The Labute approximate surface area is 188 Å². The lowest BCUT2D eigenvalue weighted by Gasteiger charge is -2.07. The molecular formula is C22H21ClF2N6O. The number of fused-ring (bicyclic) bond motifs is 1. The number of nitrogens with one attached hydrogen (secondary N) is 1. The zero-order valence-electron chi connectivity index (χ0n) is 17.7. The maximum atomic E-state index is 13.5. The van der Waals surface area contributed by atoms with Crippen LogP contribution < -0.4 is 5.32 Å². The van der Waals surface area contributed by atoms with Crippen molar-refractivity contribution in [2.24, 2.45) is 0 Å². The van der Waals surface area contributed by atoms with Gasteiger partial charge in [-0.15, -0.1) is 0 Å². The van der Waals surface area contributed by atoms with Crippen LogP contribution in [0.2, 0.25) is 5.02 Å². The van der Waals surface area contributed by atoms with Crippen LogP contribution in [0.3, 0.4) is 0 Å². The number of alkyl halides is 2. The molecule has 0 spiro atoms. The first kappa shape index (κ1) is 21.9. The summed E-state index contributed by atoms with van der Waals surface area (Å²) in [6.07, 6.45) is -2.66. The fourth-order valence-corrected chi connectivity index (χ4v) is 3.87. The van der Waals surface area contributed by atoms with Gasteiger partial charge in [-0.1, -0.05) is 23.7 Å². The highest BCUT2D eigenvalue weighted by molar-refractivity contribution is 6.30. The molecular weight excluding hydrogens is 438 g/mol. The van der Waals surface area contributed by atoms with E-state index >= 15 is 0 Å². The molecule has 0 saturated heterocycles. The van der Waals surface area contributed by atoms with Crippen molar-refractivity contribution in [3.05, 3.63) is 69.6 Å². The molecule has 1 aromatic carbocycles. The van der Waals surface area contributed by atoms with Crippen molar-refractivity contribution < 1.29 is 13.6 Å². The summed E-state index contributed by atoms with van der Waals surface area (Å²) in [5.41, 5.74) is 2.81. The summed E-state index contributed by atoms with van der Waals surface area (Å²) >= 11 is 6.04. The van der Waals surface area contributed by atoms with Crippen LogP contribution in [-0.4, -0.2) is 30.5 Å².